The lowest BCUT2D eigenvalue weighted by molar-refractivity contribution is -0.154. The van der Waals surface area contributed by atoms with Crippen molar-refractivity contribution in [3.8, 4) is 34.1 Å². The van der Waals surface area contributed by atoms with Crippen LogP contribution >= 0.6 is 0 Å². The average Bonchev–Trinajstić information content (AvgIpc) is 3.94. The third-order valence-corrected chi connectivity index (χ3v) is 8.81. The Morgan fingerprint density at radius 1 is 0.814 bits per heavy atom. The summed E-state index contributed by atoms with van der Waals surface area (Å²) in [5, 5.41) is 0. The number of hydrogen-bond acceptors (Lipinski definition) is 12. The standard InChI is InChI=1S/C19H16F4N4O4.C19H14F2N4O3/c20-12-7-11(8-24-17(12)30-10-19(21,22)23)13-3-4-14-16(25-13)27(18(29)31-14)9-15(28)26-5-1-2-6-26;20-18(21)27-13-4-2-12(3-5-13)14-6-7-15-17(24-14)25(19(26)28-15)11-8-16-22-9-1-10-23-16/h3-4,7-8H,1-2,5-6,9-10H2;1-7,9-10,18H,8,11H2. The predicted octanol–water partition coefficient (Wildman–Crippen LogP) is 6.04. The smallest absolute Gasteiger partial charge is 0.422 e. The second kappa shape index (κ2) is 17.2. The van der Waals surface area contributed by atoms with Gasteiger partial charge in [0.2, 0.25) is 5.91 Å². The summed E-state index contributed by atoms with van der Waals surface area (Å²) in [6.07, 6.45) is 1.98. The van der Waals surface area contributed by atoms with Crippen molar-refractivity contribution in [2.75, 3.05) is 19.7 Å². The van der Waals surface area contributed by atoms with Crippen LogP contribution in [0.5, 0.6) is 11.6 Å². The van der Waals surface area contributed by atoms with E-state index in [0.717, 1.165) is 29.7 Å². The number of amides is 1. The minimum absolute atomic E-state index is 0.0582. The molecule has 7 heterocycles. The number of carbonyl (C=O) groups excluding carboxylic acids is 1. The largest absolute Gasteiger partial charge is 0.466 e. The van der Waals surface area contributed by atoms with Gasteiger partial charge in [0.05, 0.1) is 11.4 Å². The first-order valence-electron chi connectivity index (χ1n) is 17.8. The first-order valence-corrected chi connectivity index (χ1v) is 17.8. The number of pyridine rings is 3. The van der Waals surface area contributed by atoms with Gasteiger partial charge in [-0.05, 0) is 73.5 Å². The Hall–Kier alpha value is -7.06. The van der Waals surface area contributed by atoms with Gasteiger partial charge in [0.15, 0.2) is 34.9 Å². The Kier molecular flexibility index (Phi) is 11.7. The molecule has 1 amide bonds. The molecule has 7 aromatic rings. The molecule has 1 aromatic carbocycles. The van der Waals surface area contributed by atoms with Gasteiger partial charge >= 0.3 is 24.3 Å². The highest BCUT2D eigenvalue weighted by Gasteiger charge is 2.29. The third-order valence-electron chi connectivity index (χ3n) is 8.81. The number of oxazole rings is 2. The monoisotopic (exact) mass is 824 g/mol. The van der Waals surface area contributed by atoms with Gasteiger partial charge in [-0.3, -0.25) is 9.36 Å². The topological polar surface area (TPSA) is 174 Å². The number of rotatable bonds is 11. The molecule has 6 aromatic heterocycles. The second-order valence-electron chi connectivity index (χ2n) is 12.8. The first-order chi connectivity index (χ1) is 28.3. The number of benzene rings is 1. The molecule has 1 saturated heterocycles. The molecular weight excluding hydrogens is 794 g/mol. The Balaban J connectivity index is 0.000000180. The van der Waals surface area contributed by atoms with Crippen LogP contribution in [0.3, 0.4) is 0 Å². The Labute approximate surface area is 327 Å². The lowest BCUT2D eigenvalue weighted by Crippen LogP contribution is -2.33. The Morgan fingerprint density at radius 2 is 1.42 bits per heavy atom. The molecule has 0 atom stereocenters. The van der Waals surface area contributed by atoms with E-state index in [0.29, 0.717) is 54.4 Å². The number of hydrogen-bond donors (Lipinski definition) is 0. The van der Waals surface area contributed by atoms with Crippen LogP contribution in [0.25, 0.3) is 45.0 Å². The summed E-state index contributed by atoms with van der Waals surface area (Å²) < 4.78 is 97.0. The summed E-state index contributed by atoms with van der Waals surface area (Å²) >= 11 is 0. The van der Waals surface area contributed by atoms with Crippen molar-refractivity contribution < 1.29 is 49.4 Å². The van der Waals surface area contributed by atoms with Crippen molar-refractivity contribution in [2.24, 2.45) is 0 Å². The molecule has 8 rings (SSSR count). The zero-order chi connectivity index (χ0) is 41.7. The third kappa shape index (κ3) is 9.74. The van der Waals surface area contributed by atoms with E-state index >= 15 is 0 Å². The average molecular weight is 825 g/mol. The van der Waals surface area contributed by atoms with Crippen LogP contribution < -0.4 is 21.0 Å². The van der Waals surface area contributed by atoms with Crippen molar-refractivity contribution >= 4 is 28.4 Å². The van der Waals surface area contributed by atoms with Crippen LogP contribution in [0.1, 0.15) is 18.7 Å². The van der Waals surface area contributed by atoms with E-state index in [1.807, 2.05) is 0 Å². The van der Waals surface area contributed by atoms with Crippen LogP contribution in [0.2, 0.25) is 0 Å². The van der Waals surface area contributed by atoms with Gasteiger partial charge in [-0.1, -0.05) is 0 Å². The van der Waals surface area contributed by atoms with Crippen LogP contribution in [0, 0.1) is 5.82 Å². The number of aromatic nitrogens is 7. The Morgan fingerprint density at radius 3 is 2.03 bits per heavy atom. The molecule has 59 heavy (non-hydrogen) atoms. The number of fused-ring (bicyclic) bond motifs is 2. The van der Waals surface area contributed by atoms with Gasteiger partial charge < -0.3 is 23.2 Å². The molecule has 0 saturated carbocycles. The number of likely N-dealkylation sites (tertiary alicyclic amines) is 1. The van der Waals surface area contributed by atoms with E-state index in [2.05, 4.69) is 34.4 Å². The summed E-state index contributed by atoms with van der Waals surface area (Å²) in [6, 6.07) is 15.0. The second-order valence-corrected chi connectivity index (χ2v) is 12.8. The van der Waals surface area contributed by atoms with E-state index in [4.69, 9.17) is 8.83 Å². The number of nitrogens with zero attached hydrogens (tertiary/aromatic N) is 8. The van der Waals surface area contributed by atoms with Crippen molar-refractivity contribution in [3.05, 3.63) is 112 Å². The summed E-state index contributed by atoms with van der Waals surface area (Å²) in [6.45, 7) is -3.25. The molecule has 0 spiro atoms. The fourth-order valence-corrected chi connectivity index (χ4v) is 6.05. The van der Waals surface area contributed by atoms with Crippen LogP contribution in [-0.2, 0) is 24.3 Å². The van der Waals surface area contributed by atoms with E-state index < -0.39 is 42.6 Å². The summed E-state index contributed by atoms with van der Waals surface area (Å²) in [7, 11) is 0. The summed E-state index contributed by atoms with van der Waals surface area (Å²) in [5.74, 6) is -2.74. The van der Waals surface area contributed by atoms with Crippen molar-refractivity contribution in [1.82, 2.24) is 39.0 Å². The number of ether oxygens (including phenoxy) is 2. The SMILES string of the molecule is O=C(Cn1c(=O)oc2ccc(-c3cnc(OCC(F)(F)F)c(F)c3)nc21)N1CCCC1.O=c1oc2ccc(-c3ccc(OC(F)F)cc3)nc2n1CCc1ncccn1. The van der Waals surface area contributed by atoms with E-state index in [-0.39, 0.29) is 40.7 Å². The number of aryl methyl sites for hydroxylation is 2. The molecule has 1 fully saturated rings. The fourth-order valence-electron chi connectivity index (χ4n) is 6.05. The highest BCUT2D eigenvalue weighted by Crippen LogP contribution is 2.27. The van der Waals surface area contributed by atoms with Gasteiger partial charge in [-0.25, -0.2) is 43.5 Å². The van der Waals surface area contributed by atoms with Crippen LogP contribution in [0.4, 0.5) is 26.3 Å². The number of alkyl halides is 5. The van der Waals surface area contributed by atoms with Crippen molar-refractivity contribution in [3.63, 3.8) is 0 Å². The molecule has 1 aliphatic heterocycles. The van der Waals surface area contributed by atoms with Crippen molar-refractivity contribution in [2.45, 2.75) is 45.1 Å². The summed E-state index contributed by atoms with van der Waals surface area (Å²) in [5.41, 5.74) is 2.58. The minimum Gasteiger partial charge on any atom is -0.466 e. The summed E-state index contributed by atoms with van der Waals surface area (Å²) in [4.78, 5) is 59.1. The lowest BCUT2D eigenvalue weighted by atomic mass is 10.1. The molecule has 21 heteroatoms. The maximum Gasteiger partial charge on any atom is 0.422 e. The molecule has 306 valence electrons. The van der Waals surface area contributed by atoms with E-state index in [1.54, 1.807) is 47.6 Å². The van der Waals surface area contributed by atoms with Gasteiger partial charge in [0, 0.05) is 55.8 Å². The van der Waals surface area contributed by atoms with Gasteiger partial charge in [0.1, 0.15) is 18.1 Å². The van der Waals surface area contributed by atoms with E-state index in [9.17, 15) is 40.7 Å². The van der Waals surface area contributed by atoms with Crippen LogP contribution in [0.15, 0.2) is 97.7 Å². The zero-order valence-corrected chi connectivity index (χ0v) is 30.4. The normalized spacial score (nSPS) is 12.9. The first kappa shape index (κ1) is 40.1. The quantitative estimate of drug-likeness (QED) is 0.139. The Bertz CT molecular complexity index is 2690. The minimum atomic E-state index is -4.63. The molecule has 0 bridgehead atoms. The van der Waals surface area contributed by atoms with Crippen molar-refractivity contribution in [1.29, 1.82) is 0 Å². The van der Waals surface area contributed by atoms with E-state index in [1.165, 1.54) is 28.8 Å². The highest BCUT2D eigenvalue weighted by atomic mass is 19.4. The van der Waals surface area contributed by atoms with Crippen LogP contribution in [-0.4, -0.2) is 77.3 Å². The fraction of sp³-hybridized carbons (Fsp3) is 0.263. The number of halogens is 6. The predicted molar refractivity (Wildman–Crippen MR) is 195 cm³/mol. The maximum absolute atomic E-state index is 14.1. The molecule has 1 aliphatic rings. The molecule has 15 nitrogen and oxygen atoms in total. The van der Waals surface area contributed by atoms with Gasteiger partial charge in [-0.15, -0.1) is 0 Å². The van der Waals surface area contributed by atoms with Gasteiger partial charge in [-0.2, -0.15) is 22.0 Å². The molecule has 0 radical (unpaired) electrons. The lowest BCUT2D eigenvalue weighted by Gasteiger charge is -2.14. The number of carbonyl (C=O) groups is 1. The highest BCUT2D eigenvalue weighted by molar-refractivity contribution is 5.79. The van der Waals surface area contributed by atoms with Gasteiger partial charge in [0.25, 0.3) is 5.88 Å². The molecule has 0 unspecified atom stereocenters. The maximum atomic E-state index is 14.1. The molecule has 0 aliphatic carbocycles. The molecular formula is C38H30F6N8O7. The molecule has 0 N–H and O–H groups in total. The zero-order valence-electron chi connectivity index (χ0n) is 30.4.